The second kappa shape index (κ2) is 9.36. The van der Waals surface area contributed by atoms with Crippen LogP contribution in [0.5, 0.6) is 5.75 Å². The molecule has 2 N–H and O–H groups in total. The molecule has 1 aliphatic rings. The van der Waals surface area contributed by atoms with E-state index in [9.17, 15) is 5.11 Å². The highest BCUT2D eigenvalue weighted by Gasteiger charge is 2.42. The summed E-state index contributed by atoms with van der Waals surface area (Å²) < 4.78 is 2.05. The fourth-order valence-corrected chi connectivity index (χ4v) is 5.49. The Morgan fingerprint density at radius 2 is 1.83 bits per heavy atom. The molecule has 2 atom stereocenters. The van der Waals surface area contributed by atoms with E-state index < -0.39 is 0 Å². The largest absolute Gasteiger partial charge is 0.506 e. The van der Waals surface area contributed by atoms with E-state index in [0.717, 1.165) is 34.8 Å². The zero-order valence-corrected chi connectivity index (χ0v) is 21.4. The Bertz CT molecular complexity index is 1380. The predicted octanol–water partition coefficient (Wildman–Crippen LogP) is 6.59. The van der Waals surface area contributed by atoms with Crippen molar-refractivity contribution in [3.63, 3.8) is 0 Å². The lowest BCUT2D eigenvalue weighted by molar-refractivity contribution is 0.471. The molecule has 2 aromatic carbocycles. The molecule has 178 valence electrons. The van der Waals surface area contributed by atoms with Gasteiger partial charge in [0.25, 0.3) is 0 Å². The van der Waals surface area contributed by atoms with E-state index in [1.807, 2.05) is 35.9 Å². The Labute approximate surface area is 216 Å². The minimum Gasteiger partial charge on any atom is -0.506 e. The number of phenolic OH excluding ortho intramolecular Hbond substituents is 1. The Hall–Kier alpha value is -3.35. The summed E-state index contributed by atoms with van der Waals surface area (Å²) in [5.74, 6) is 0.177. The standard InChI is InChI=1S/C28H27ClN4OS/c1-4-19-8-11-21(12-9-19)33-27(26(31-28(33)35)23-7-5-6-14-30-23)22-15-17(2)32(18(22)3)24-16-20(29)10-13-25(24)34/h5-16,26-27,34H,4H2,1-3H3,(H,31,35)/t26-,27-/m1/s1. The topological polar surface area (TPSA) is 53.3 Å². The van der Waals surface area contributed by atoms with Gasteiger partial charge in [0, 0.05) is 28.3 Å². The third-order valence-corrected chi connectivity index (χ3v) is 7.24. The average molecular weight is 503 g/mol. The summed E-state index contributed by atoms with van der Waals surface area (Å²) in [6, 6.07) is 21.5. The van der Waals surface area contributed by atoms with E-state index in [2.05, 4.69) is 59.4 Å². The molecule has 0 saturated carbocycles. The number of thiocarbonyl (C=S) groups is 1. The molecule has 0 aliphatic carbocycles. The molecule has 0 spiro atoms. The molecule has 0 bridgehead atoms. The maximum Gasteiger partial charge on any atom is 0.174 e. The minimum absolute atomic E-state index is 0.133. The lowest BCUT2D eigenvalue weighted by Crippen LogP contribution is -2.29. The smallest absolute Gasteiger partial charge is 0.174 e. The van der Waals surface area contributed by atoms with Crippen LogP contribution in [-0.2, 0) is 6.42 Å². The maximum absolute atomic E-state index is 10.6. The van der Waals surface area contributed by atoms with Crippen molar-refractivity contribution in [3.05, 3.63) is 106 Å². The van der Waals surface area contributed by atoms with Gasteiger partial charge < -0.3 is 19.9 Å². The summed E-state index contributed by atoms with van der Waals surface area (Å²) in [4.78, 5) is 6.83. The molecular weight excluding hydrogens is 476 g/mol. The summed E-state index contributed by atoms with van der Waals surface area (Å²) in [5.41, 5.74) is 6.98. The van der Waals surface area contributed by atoms with Crippen molar-refractivity contribution in [2.24, 2.45) is 0 Å². The Balaban J connectivity index is 1.68. The molecule has 0 unspecified atom stereocenters. The van der Waals surface area contributed by atoms with Crippen molar-refractivity contribution >= 4 is 34.6 Å². The molecule has 0 radical (unpaired) electrons. The first-order chi connectivity index (χ1) is 16.9. The molecule has 0 amide bonds. The third kappa shape index (κ3) is 4.17. The first kappa shape index (κ1) is 23.4. The van der Waals surface area contributed by atoms with E-state index in [-0.39, 0.29) is 17.8 Å². The Morgan fingerprint density at radius 1 is 1.06 bits per heavy atom. The van der Waals surface area contributed by atoms with Gasteiger partial charge in [-0.2, -0.15) is 0 Å². The van der Waals surface area contributed by atoms with Crippen molar-refractivity contribution in [1.82, 2.24) is 14.9 Å². The summed E-state index contributed by atoms with van der Waals surface area (Å²) in [7, 11) is 0. The number of phenols is 1. The number of aryl methyl sites for hydroxylation is 2. The summed E-state index contributed by atoms with van der Waals surface area (Å²) in [6.07, 6.45) is 2.79. The zero-order valence-electron chi connectivity index (χ0n) is 19.9. The number of hydrogen-bond acceptors (Lipinski definition) is 3. The number of benzene rings is 2. The van der Waals surface area contributed by atoms with Crippen LogP contribution < -0.4 is 10.2 Å². The van der Waals surface area contributed by atoms with E-state index >= 15 is 0 Å². The number of pyridine rings is 1. The number of anilines is 1. The first-order valence-corrected chi connectivity index (χ1v) is 12.4. The molecule has 1 aliphatic heterocycles. The average Bonchev–Trinajstić information content (AvgIpc) is 3.36. The van der Waals surface area contributed by atoms with Crippen molar-refractivity contribution in [2.45, 2.75) is 39.3 Å². The number of hydrogen-bond donors (Lipinski definition) is 2. The van der Waals surface area contributed by atoms with Gasteiger partial charge in [-0.05, 0) is 92.1 Å². The van der Waals surface area contributed by atoms with Crippen LogP contribution in [0.15, 0.2) is 72.9 Å². The number of halogens is 1. The highest BCUT2D eigenvalue weighted by atomic mass is 35.5. The fourth-order valence-electron chi connectivity index (χ4n) is 4.97. The van der Waals surface area contributed by atoms with Crippen molar-refractivity contribution < 1.29 is 5.11 Å². The number of nitrogens with one attached hydrogen (secondary N) is 1. The van der Waals surface area contributed by atoms with Gasteiger partial charge in [-0.3, -0.25) is 4.98 Å². The van der Waals surface area contributed by atoms with Gasteiger partial charge in [-0.1, -0.05) is 36.7 Å². The normalized spacial score (nSPS) is 17.6. The van der Waals surface area contributed by atoms with Gasteiger partial charge in [-0.15, -0.1) is 0 Å². The molecule has 35 heavy (non-hydrogen) atoms. The quantitative estimate of drug-likeness (QED) is 0.301. The molecule has 1 saturated heterocycles. The summed E-state index contributed by atoms with van der Waals surface area (Å²) in [5, 5.41) is 15.4. The Morgan fingerprint density at radius 3 is 2.51 bits per heavy atom. The second-order valence-electron chi connectivity index (χ2n) is 8.81. The van der Waals surface area contributed by atoms with Gasteiger partial charge in [0.1, 0.15) is 5.75 Å². The minimum atomic E-state index is -0.142. The molecule has 7 heteroatoms. The number of aromatic nitrogens is 2. The molecule has 5 nitrogen and oxygen atoms in total. The lowest BCUT2D eigenvalue weighted by atomic mass is 9.96. The Kier molecular flexibility index (Phi) is 6.26. The SMILES string of the molecule is CCc1ccc(N2C(=S)N[C@H](c3ccccn3)[C@H]2c2cc(C)n(-c3cc(Cl)ccc3O)c2C)cc1. The van der Waals surface area contributed by atoms with Gasteiger partial charge in [-0.25, -0.2) is 0 Å². The van der Waals surface area contributed by atoms with Gasteiger partial charge >= 0.3 is 0 Å². The highest BCUT2D eigenvalue weighted by Crippen LogP contribution is 2.44. The van der Waals surface area contributed by atoms with Crippen LogP contribution >= 0.6 is 23.8 Å². The first-order valence-electron chi connectivity index (χ1n) is 11.7. The zero-order chi connectivity index (χ0) is 24.7. The van der Waals surface area contributed by atoms with Crippen LogP contribution in [0.3, 0.4) is 0 Å². The van der Waals surface area contributed by atoms with Crippen LogP contribution in [0, 0.1) is 13.8 Å². The highest BCUT2D eigenvalue weighted by molar-refractivity contribution is 7.80. The van der Waals surface area contributed by atoms with Crippen molar-refractivity contribution in [3.8, 4) is 11.4 Å². The number of nitrogens with zero attached hydrogens (tertiary/aromatic N) is 3. The summed E-state index contributed by atoms with van der Waals surface area (Å²) >= 11 is 12.2. The van der Waals surface area contributed by atoms with Crippen LogP contribution in [0.25, 0.3) is 5.69 Å². The van der Waals surface area contributed by atoms with Gasteiger partial charge in [0.05, 0.1) is 23.5 Å². The molecule has 2 aromatic heterocycles. The molecule has 3 heterocycles. The molecular formula is C28H27ClN4OS. The monoisotopic (exact) mass is 502 g/mol. The van der Waals surface area contributed by atoms with Crippen LogP contribution in [0.2, 0.25) is 5.02 Å². The van der Waals surface area contributed by atoms with E-state index in [4.69, 9.17) is 23.8 Å². The second-order valence-corrected chi connectivity index (χ2v) is 9.63. The van der Waals surface area contributed by atoms with Crippen LogP contribution in [0.1, 0.15) is 47.2 Å². The van der Waals surface area contributed by atoms with E-state index in [1.165, 1.54) is 5.56 Å². The van der Waals surface area contributed by atoms with Crippen LogP contribution in [0.4, 0.5) is 5.69 Å². The van der Waals surface area contributed by atoms with Gasteiger partial charge in [0.15, 0.2) is 5.11 Å². The van der Waals surface area contributed by atoms with Crippen molar-refractivity contribution in [2.75, 3.05) is 4.90 Å². The molecule has 4 aromatic rings. The van der Waals surface area contributed by atoms with Crippen molar-refractivity contribution in [1.29, 1.82) is 0 Å². The van der Waals surface area contributed by atoms with Gasteiger partial charge in [0.2, 0.25) is 0 Å². The molecule has 5 rings (SSSR count). The third-order valence-electron chi connectivity index (χ3n) is 6.69. The maximum atomic E-state index is 10.6. The number of aromatic hydroxyl groups is 1. The fraction of sp³-hybridized carbons (Fsp3) is 0.214. The summed E-state index contributed by atoms with van der Waals surface area (Å²) in [6.45, 7) is 6.25. The lowest BCUT2D eigenvalue weighted by Gasteiger charge is -2.28. The number of rotatable bonds is 5. The van der Waals surface area contributed by atoms with E-state index in [1.54, 1.807) is 18.2 Å². The van der Waals surface area contributed by atoms with Crippen LogP contribution in [-0.4, -0.2) is 19.8 Å². The predicted molar refractivity (Wildman–Crippen MR) is 146 cm³/mol. The molecule has 1 fully saturated rings. The van der Waals surface area contributed by atoms with E-state index in [0.29, 0.717) is 15.8 Å².